The van der Waals surface area contributed by atoms with Crippen LogP contribution in [-0.4, -0.2) is 38.5 Å². The maximum atomic E-state index is 13.0. The first-order chi connectivity index (χ1) is 28.0. The minimum Gasteiger partial charge on any atom is -0.392 e. The van der Waals surface area contributed by atoms with Gasteiger partial charge >= 0.3 is 0 Å². The average molecular weight is 755 g/mol. The van der Waals surface area contributed by atoms with E-state index < -0.39 is 6.29 Å². The number of benzene rings is 6. The largest absolute Gasteiger partial charge is 0.392 e. The lowest BCUT2D eigenvalue weighted by Crippen LogP contribution is -2.44. The van der Waals surface area contributed by atoms with E-state index in [4.69, 9.17) is 9.47 Å². The van der Waals surface area contributed by atoms with Gasteiger partial charge in [0.2, 0.25) is 0 Å². The Morgan fingerprint density at radius 3 is 2.00 bits per heavy atom. The maximum absolute atomic E-state index is 13.0. The Hall–Kier alpha value is -6.03. The van der Waals surface area contributed by atoms with E-state index in [2.05, 4.69) is 130 Å². The number of fused-ring (bicyclic) bond motifs is 1. The zero-order valence-corrected chi connectivity index (χ0v) is 31.9. The molecule has 0 radical (unpaired) electrons. The smallest absolute Gasteiger partial charge is 0.271 e. The van der Waals surface area contributed by atoms with Gasteiger partial charge in [-0.25, -0.2) is 4.98 Å². The van der Waals surface area contributed by atoms with Gasteiger partial charge < -0.3 is 19.9 Å². The number of nitrogens with zero attached hydrogens (tertiary/aromatic N) is 3. The highest BCUT2D eigenvalue weighted by atomic mass is 16.7. The van der Waals surface area contributed by atoms with Crippen molar-refractivity contribution in [3.63, 3.8) is 0 Å². The predicted octanol–water partition coefficient (Wildman–Crippen LogP) is 9.21. The highest BCUT2D eigenvalue weighted by Crippen LogP contribution is 2.42. The van der Waals surface area contributed by atoms with Crippen LogP contribution < -0.4 is 5.32 Å². The summed E-state index contributed by atoms with van der Waals surface area (Å²) in [7, 11) is 0. The Morgan fingerprint density at radius 1 is 0.667 bits per heavy atom. The van der Waals surface area contributed by atoms with Crippen LogP contribution >= 0.6 is 0 Å². The lowest BCUT2D eigenvalue weighted by Gasteiger charge is -2.43. The van der Waals surface area contributed by atoms with E-state index in [0.29, 0.717) is 18.6 Å². The first-order valence-electron chi connectivity index (χ1n) is 19.5. The molecule has 0 bridgehead atoms. The Kier molecular flexibility index (Phi) is 11.8. The monoisotopic (exact) mass is 754 g/mol. The number of aromatic nitrogens is 2. The number of para-hydroxylation sites is 2. The number of rotatable bonds is 13. The Labute approximate surface area is 333 Å². The van der Waals surface area contributed by atoms with Gasteiger partial charge in [-0.2, -0.15) is 0 Å². The molecule has 1 aliphatic heterocycles. The second-order valence-corrected chi connectivity index (χ2v) is 14.7. The molecule has 6 aromatic carbocycles. The van der Waals surface area contributed by atoms with E-state index in [1.807, 2.05) is 54.6 Å². The number of aliphatic hydroxyl groups excluding tert-OH is 1. The average Bonchev–Trinajstić information content (AvgIpc) is 3.27. The van der Waals surface area contributed by atoms with Gasteiger partial charge in [-0.1, -0.05) is 140 Å². The third-order valence-corrected chi connectivity index (χ3v) is 10.6. The van der Waals surface area contributed by atoms with Gasteiger partial charge in [0.1, 0.15) is 5.69 Å². The summed E-state index contributed by atoms with van der Waals surface area (Å²) in [5.41, 5.74) is 10.0. The molecule has 1 saturated heterocycles. The molecule has 286 valence electrons. The van der Waals surface area contributed by atoms with Crippen molar-refractivity contribution in [2.24, 2.45) is 5.92 Å². The SMILES string of the molecule is CC1C(CN(Cc2ccccc2)Cc2ccccc2)OC(c2cccc(-c3cccc(CNC(=O)c4cnc5ccccc5n4)c3)c2)OC1c1ccc(CO)cc1. The van der Waals surface area contributed by atoms with Crippen LogP contribution in [0.2, 0.25) is 0 Å². The van der Waals surface area contributed by atoms with Crippen LogP contribution in [0.1, 0.15) is 63.2 Å². The normalized spacial score (nSPS) is 18.1. The van der Waals surface area contributed by atoms with Crippen LogP contribution in [0, 0.1) is 5.92 Å². The van der Waals surface area contributed by atoms with E-state index >= 15 is 0 Å². The minimum atomic E-state index is -0.616. The summed E-state index contributed by atoms with van der Waals surface area (Å²) in [4.78, 5) is 24.4. The van der Waals surface area contributed by atoms with Crippen molar-refractivity contribution in [2.45, 2.75) is 51.7 Å². The number of carbonyl (C=O) groups excluding carboxylic acids is 1. The molecule has 8 heteroatoms. The number of hydrogen-bond donors (Lipinski definition) is 2. The van der Waals surface area contributed by atoms with Crippen molar-refractivity contribution >= 4 is 16.9 Å². The van der Waals surface area contributed by atoms with Crippen molar-refractivity contribution in [2.75, 3.05) is 6.54 Å². The molecule has 1 fully saturated rings. The van der Waals surface area contributed by atoms with Gasteiger partial charge in [-0.05, 0) is 63.2 Å². The van der Waals surface area contributed by atoms with Gasteiger partial charge in [-0.15, -0.1) is 0 Å². The molecule has 7 aromatic rings. The van der Waals surface area contributed by atoms with Crippen LogP contribution in [0.4, 0.5) is 0 Å². The first kappa shape index (κ1) is 37.9. The standard InChI is InChI=1S/C49H46N4O4/c1-34-46(32-53(30-35-12-4-2-5-13-35)31-36-14-6-3-7-15-36)56-49(57-47(34)39-24-22-37(33-54)23-25-39)42-19-11-18-41(27-42)40-17-10-16-38(26-40)28-51-48(55)45-29-50-43-20-8-9-21-44(43)52-45/h2-27,29,34,46-47,49,54H,28,30-33H2,1H3,(H,51,55). The van der Waals surface area contributed by atoms with Crippen LogP contribution in [0.3, 0.4) is 0 Å². The summed E-state index contributed by atoms with van der Waals surface area (Å²) < 4.78 is 13.9. The van der Waals surface area contributed by atoms with Crippen LogP contribution in [0.15, 0.2) is 164 Å². The summed E-state index contributed by atoms with van der Waals surface area (Å²) in [5, 5.41) is 12.8. The fourth-order valence-electron chi connectivity index (χ4n) is 7.52. The van der Waals surface area contributed by atoms with Gasteiger partial charge in [0.25, 0.3) is 5.91 Å². The van der Waals surface area contributed by atoms with Gasteiger partial charge in [0, 0.05) is 37.7 Å². The van der Waals surface area contributed by atoms with E-state index in [0.717, 1.165) is 52.0 Å². The molecular formula is C49H46N4O4. The van der Waals surface area contributed by atoms with Crippen molar-refractivity contribution < 1.29 is 19.4 Å². The summed E-state index contributed by atoms with van der Waals surface area (Å²) in [6.45, 7) is 4.81. The molecule has 8 rings (SSSR count). The fourth-order valence-corrected chi connectivity index (χ4v) is 7.52. The quantitative estimate of drug-likeness (QED) is 0.121. The summed E-state index contributed by atoms with van der Waals surface area (Å²) in [5.74, 6) is -0.242. The summed E-state index contributed by atoms with van der Waals surface area (Å²) in [6.07, 6.45) is 0.509. The van der Waals surface area contributed by atoms with E-state index in [1.165, 1.54) is 17.3 Å². The van der Waals surface area contributed by atoms with E-state index in [1.54, 1.807) is 0 Å². The molecule has 1 aliphatic rings. The molecule has 57 heavy (non-hydrogen) atoms. The molecule has 4 unspecified atom stereocenters. The van der Waals surface area contributed by atoms with E-state index in [9.17, 15) is 9.90 Å². The Bertz CT molecular complexity index is 2370. The van der Waals surface area contributed by atoms with Gasteiger partial charge in [0.15, 0.2) is 6.29 Å². The van der Waals surface area contributed by atoms with Crippen LogP contribution in [0.25, 0.3) is 22.2 Å². The zero-order chi connectivity index (χ0) is 39.0. The molecule has 0 spiro atoms. The maximum Gasteiger partial charge on any atom is 0.271 e. The number of hydrogen-bond acceptors (Lipinski definition) is 7. The molecule has 8 nitrogen and oxygen atoms in total. The second kappa shape index (κ2) is 17.8. The van der Waals surface area contributed by atoms with Crippen LogP contribution in [0.5, 0.6) is 0 Å². The van der Waals surface area contributed by atoms with Crippen LogP contribution in [-0.2, 0) is 35.7 Å². The predicted molar refractivity (Wildman–Crippen MR) is 223 cm³/mol. The number of ether oxygens (including phenoxy) is 2. The number of carbonyl (C=O) groups is 1. The molecule has 0 saturated carbocycles. The third kappa shape index (κ3) is 9.34. The molecule has 4 atom stereocenters. The van der Waals surface area contributed by atoms with E-state index in [-0.39, 0.29) is 36.3 Å². The molecule has 1 amide bonds. The summed E-state index contributed by atoms with van der Waals surface area (Å²) >= 11 is 0. The second-order valence-electron chi connectivity index (χ2n) is 14.7. The molecule has 2 N–H and O–H groups in total. The lowest BCUT2D eigenvalue weighted by molar-refractivity contribution is -0.276. The summed E-state index contributed by atoms with van der Waals surface area (Å²) in [6, 6.07) is 53.2. The topological polar surface area (TPSA) is 96.8 Å². The minimum absolute atomic E-state index is 0.0108. The highest BCUT2D eigenvalue weighted by Gasteiger charge is 2.39. The van der Waals surface area contributed by atoms with Crippen molar-refractivity contribution in [3.8, 4) is 11.1 Å². The third-order valence-electron chi connectivity index (χ3n) is 10.6. The molecule has 2 heterocycles. The number of aliphatic hydroxyl groups is 1. The highest BCUT2D eigenvalue weighted by molar-refractivity contribution is 5.93. The number of amides is 1. The number of nitrogens with one attached hydrogen (secondary N) is 1. The van der Waals surface area contributed by atoms with Gasteiger partial charge in [0.05, 0.1) is 36.0 Å². The zero-order valence-electron chi connectivity index (χ0n) is 31.9. The molecule has 0 aliphatic carbocycles. The molecular weight excluding hydrogens is 709 g/mol. The Morgan fingerprint density at radius 2 is 1.30 bits per heavy atom. The molecule has 1 aromatic heterocycles. The Balaban J connectivity index is 1.04. The lowest BCUT2D eigenvalue weighted by atomic mass is 9.89. The van der Waals surface area contributed by atoms with Crippen molar-refractivity contribution in [1.82, 2.24) is 20.2 Å². The first-order valence-corrected chi connectivity index (χ1v) is 19.5. The fraction of sp³-hybridized carbons (Fsp3) is 0.204. The van der Waals surface area contributed by atoms with Crippen molar-refractivity contribution in [3.05, 3.63) is 203 Å². The van der Waals surface area contributed by atoms with Crippen molar-refractivity contribution in [1.29, 1.82) is 0 Å². The van der Waals surface area contributed by atoms with Gasteiger partial charge in [-0.3, -0.25) is 14.7 Å².